The largest absolute Gasteiger partial charge is 0.480 e. The van der Waals surface area contributed by atoms with E-state index in [0.29, 0.717) is 0 Å². The summed E-state index contributed by atoms with van der Waals surface area (Å²) in [5.41, 5.74) is 1.22. The van der Waals surface area contributed by atoms with Gasteiger partial charge in [0.05, 0.1) is 0 Å². The van der Waals surface area contributed by atoms with E-state index in [-0.39, 0.29) is 0 Å². The molecule has 0 saturated carbocycles. The highest BCUT2D eigenvalue weighted by atomic mass is 16.4. The van der Waals surface area contributed by atoms with E-state index in [2.05, 4.69) is 5.32 Å². The molecule has 0 bridgehead atoms. The highest BCUT2D eigenvalue weighted by Crippen LogP contribution is 2.24. The van der Waals surface area contributed by atoms with E-state index in [1.807, 2.05) is 32.0 Å². The van der Waals surface area contributed by atoms with Gasteiger partial charge >= 0.3 is 5.97 Å². The van der Waals surface area contributed by atoms with E-state index < -0.39 is 17.3 Å². The number of benzene rings is 1. The van der Waals surface area contributed by atoms with Gasteiger partial charge in [-0.3, -0.25) is 9.59 Å². The Balaban J connectivity index is 3.06. The number of hydrogen-bond donors (Lipinski definition) is 2. The monoisotopic (exact) mass is 249 g/mol. The van der Waals surface area contributed by atoms with Crippen LogP contribution in [-0.4, -0.2) is 17.0 Å². The second kappa shape index (κ2) is 5.21. The highest BCUT2D eigenvalue weighted by Gasteiger charge is 2.36. The summed E-state index contributed by atoms with van der Waals surface area (Å²) in [5, 5.41) is 11.8. The minimum atomic E-state index is -1.44. The van der Waals surface area contributed by atoms with Crippen LogP contribution in [0.15, 0.2) is 18.2 Å². The Morgan fingerprint density at radius 2 is 1.94 bits per heavy atom. The van der Waals surface area contributed by atoms with Crippen molar-refractivity contribution in [3.63, 3.8) is 0 Å². The fourth-order valence-corrected chi connectivity index (χ4v) is 1.57. The molecule has 4 nitrogen and oxygen atoms in total. The lowest BCUT2D eigenvalue weighted by Gasteiger charge is -2.20. The third-order valence-electron chi connectivity index (χ3n) is 3.08. The topological polar surface area (TPSA) is 66.4 Å². The Morgan fingerprint density at radius 3 is 2.44 bits per heavy atom. The molecule has 4 heteroatoms. The zero-order chi connectivity index (χ0) is 13.9. The second-order valence-electron chi connectivity index (χ2n) is 4.85. The SMILES string of the molecule is CCc1cccc(C)c1NC(=O)C(C)(C)C(=O)O. The summed E-state index contributed by atoms with van der Waals surface area (Å²) in [6, 6.07) is 5.74. The minimum Gasteiger partial charge on any atom is -0.480 e. The number of amides is 1. The fourth-order valence-electron chi connectivity index (χ4n) is 1.57. The summed E-state index contributed by atoms with van der Waals surface area (Å²) in [6.07, 6.45) is 0.783. The van der Waals surface area contributed by atoms with Gasteiger partial charge in [-0.15, -0.1) is 0 Å². The van der Waals surface area contributed by atoms with E-state index in [1.54, 1.807) is 0 Å². The Morgan fingerprint density at radius 1 is 1.33 bits per heavy atom. The van der Waals surface area contributed by atoms with Crippen LogP contribution in [0.4, 0.5) is 5.69 Å². The maximum absolute atomic E-state index is 12.0. The van der Waals surface area contributed by atoms with Crippen LogP contribution in [0.1, 0.15) is 31.9 Å². The van der Waals surface area contributed by atoms with Gasteiger partial charge in [-0.1, -0.05) is 25.1 Å². The highest BCUT2D eigenvalue weighted by molar-refractivity contribution is 6.08. The molecule has 0 aromatic heterocycles. The van der Waals surface area contributed by atoms with Gasteiger partial charge in [0.1, 0.15) is 5.41 Å². The third-order valence-corrected chi connectivity index (χ3v) is 3.08. The van der Waals surface area contributed by atoms with Crippen molar-refractivity contribution in [3.05, 3.63) is 29.3 Å². The normalized spacial score (nSPS) is 11.1. The number of para-hydroxylation sites is 1. The first-order valence-electron chi connectivity index (χ1n) is 5.94. The van der Waals surface area contributed by atoms with Gasteiger partial charge in [-0.05, 0) is 38.3 Å². The molecule has 0 heterocycles. The van der Waals surface area contributed by atoms with Crippen LogP contribution >= 0.6 is 0 Å². The van der Waals surface area contributed by atoms with Crippen LogP contribution in [0.2, 0.25) is 0 Å². The van der Waals surface area contributed by atoms with E-state index in [1.165, 1.54) is 13.8 Å². The first-order valence-corrected chi connectivity index (χ1v) is 5.94. The van der Waals surface area contributed by atoms with Gasteiger partial charge in [-0.25, -0.2) is 0 Å². The lowest BCUT2D eigenvalue weighted by molar-refractivity contribution is -0.151. The molecule has 98 valence electrons. The van der Waals surface area contributed by atoms with Gasteiger partial charge in [0.25, 0.3) is 0 Å². The number of carbonyl (C=O) groups is 2. The zero-order valence-corrected chi connectivity index (χ0v) is 11.2. The Kier molecular flexibility index (Phi) is 4.11. The molecule has 1 amide bonds. The van der Waals surface area contributed by atoms with E-state index >= 15 is 0 Å². The number of carboxylic acids is 1. The molecule has 1 rings (SSSR count). The molecule has 1 aromatic carbocycles. The average molecular weight is 249 g/mol. The minimum absolute atomic E-state index is 0.501. The summed E-state index contributed by atoms with van der Waals surface area (Å²) < 4.78 is 0. The molecule has 0 spiro atoms. The molecule has 1 aromatic rings. The quantitative estimate of drug-likeness (QED) is 0.806. The summed E-state index contributed by atoms with van der Waals surface area (Å²) >= 11 is 0. The molecule has 0 atom stereocenters. The van der Waals surface area contributed by atoms with Crippen molar-refractivity contribution in [3.8, 4) is 0 Å². The van der Waals surface area contributed by atoms with Crippen molar-refractivity contribution in [1.29, 1.82) is 0 Å². The zero-order valence-electron chi connectivity index (χ0n) is 11.2. The first-order chi connectivity index (χ1) is 8.30. The number of aliphatic carboxylic acids is 1. The lowest BCUT2D eigenvalue weighted by Crippen LogP contribution is -2.38. The number of carbonyl (C=O) groups excluding carboxylic acids is 1. The second-order valence-corrected chi connectivity index (χ2v) is 4.85. The number of carboxylic acid groups (broad SMARTS) is 1. The molecule has 0 aliphatic carbocycles. The summed E-state index contributed by atoms with van der Waals surface area (Å²) in [5.74, 6) is -1.63. The van der Waals surface area contributed by atoms with Crippen LogP contribution in [0.3, 0.4) is 0 Å². The predicted molar refractivity (Wildman–Crippen MR) is 70.6 cm³/mol. The molecule has 0 saturated heterocycles. The molecular weight excluding hydrogens is 230 g/mol. The van der Waals surface area contributed by atoms with Crippen molar-refractivity contribution in [1.82, 2.24) is 0 Å². The number of anilines is 1. The fraction of sp³-hybridized carbons (Fsp3) is 0.429. The van der Waals surface area contributed by atoms with Crippen molar-refractivity contribution >= 4 is 17.6 Å². The standard InChI is InChI=1S/C14H19NO3/c1-5-10-8-6-7-9(2)11(10)15-12(16)14(3,4)13(17)18/h6-8H,5H2,1-4H3,(H,15,16)(H,17,18). The van der Waals surface area contributed by atoms with Crippen LogP contribution in [0.5, 0.6) is 0 Å². The molecule has 0 aliphatic rings. The van der Waals surface area contributed by atoms with Crippen molar-refractivity contribution in [2.24, 2.45) is 5.41 Å². The van der Waals surface area contributed by atoms with Gasteiger partial charge in [0.2, 0.25) is 5.91 Å². The van der Waals surface area contributed by atoms with Crippen LogP contribution in [-0.2, 0) is 16.0 Å². The van der Waals surface area contributed by atoms with Crippen LogP contribution in [0, 0.1) is 12.3 Å². The van der Waals surface area contributed by atoms with Crippen LogP contribution in [0.25, 0.3) is 0 Å². The van der Waals surface area contributed by atoms with E-state index in [9.17, 15) is 9.59 Å². The van der Waals surface area contributed by atoms with Gasteiger partial charge in [-0.2, -0.15) is 0 Å². The van der Waals surface area contributed by atoms with E-state index in [4.69, 9.17) is 5.11 Å². The van der Waals surface area contributed by atoms with E-state index in [0.717, 1.165) is 23.2 Å². The van der Waals surface area contributed by atoms with Gasteiger partial charge in [0, 0.05) is 5.69 Å². The maximum Gasteiger partial charge on any atom is 0.318 e. The number of nitrogens with one attached hydrogen (secondary N) is 1. The predicted octanol–water partition coefficient (Wildman–Crippen LogP) is 2.61. The number of aryl methyl sites for hydroxylation is 2. The number of rotatable bonds is 4. The van der Waals surface area contributed by atoms with Crippen molar-refractivity contribution in [2.75, 3.05) is 5.32 Å². The molecule has 2 N–H and O–H groups in total. The Labute approximate surface area is 107 Å². The smallest absolute Gasteiger partial charge is 0.318 e. The molecular formula is C14H19NO3. The molecule has 0 radical (unpaired) electrons. The van der Waals surface area contributed by atoms with Gasteiger partial charge < -0.3 is 10.4 Å². The van der Waals surface area contributed by atoms with Crippen LogP contribution < -0.4 is 5.32 Å². The van der Waals surface area contributed by atoms with Crippen molar-refractivity contribution in [2.45, 2.75) is 34.1 Å². The maximum atomic E-state index is 12.0. The van der Waals surface area contributed by atoms with Gasteiger partial charge in [0.15, 0.2) is 0 Å². The lowest BCUT2D eigenvalue weighted by atomic mass is 9.92. The molecule has 0 fully saturated rings. The molecule has 18 heavy (non-hydrogen) atoms. The molecule has 0 aliphatic heterocycles. The average Bonchev–Trinajstić information content (AvgIpc) is 2.31. The molecule has 0 unspecified atom stereocenters. The Hall–Kier alpha value is -1.84. The first kappa shape index (κ1) is 14.2. The number of hydrogen-bond acceptors (Lipinski definition) is 2. The summed E-state index contributed by atoms with van der Waals surface area (Å²) in [6.45, 7) is 6.68. The Bertz CT molecular complexity index is 478. The van der Waals surface area contributed by atoms with Crippen molar-refractivity contribution < 1.29 is 14.7 Å². The summed E-state index contributed by atoms with van der Waals surface area (Å²) in [7, 11) is 0. The third kappa shape index (κ3) is 2.70. The summed E-state index contributed by atoms with van der Waals surface area (Å²) in [4.78, 5) is 23.0.